The van der Waals surface area contributed by atoms with E-state index in [0.717, 1.165) is 46.5 Å². The number of aromatic nitrogens is 1. The lowest BCUT2D eigenvalue weighted by Gasteiger charge is -2.12. The van der Waals surface area contributed by atoms with Gasteiger partial charge in [0.2, 0.25) is 0 Å². The molecule has 0 spiro atoms. The summed E-state index contributed by atoms with van der Waals surface area (Å²) in [5.41, 5.74) is 3.10. The van der Waals surface area contributed by atoms with Crippen LogP contribution in [0.1, 0.15) is 38.4 Å². The molecule has 0 unspecified atom stereocenters. The van der Waals surface area contributed by atoms with E-state index < -0.39 is 0 Å². The van der Waals surface area contributed by atoms with Crippen LogP contribution >= 0.6 is 0 Å². The number of hydrogen-bond acceptors (Lipinski definition) is 3. The van der Waals surface area contributed by atoms with Crippen molar-refractivity contribution in [2.75, 3.05) is 14.2 Å². The molecule has 110 valence electrons. The fourth-order valence-electron chi connectivity index (χ4n) is 2.20. The highest BCUT2D eigenvalue weighted by atomic mass is 16.5. The van der Waals surface area contributed by atoms with Crippen LogP contribution in [0.5, 0.6) is 11.5 Å². The molecule has 20 heavy (non-hydrogen) atoms. The summed E-state index contributed by atoms with van der Waals surface area (Å²) in [7, 11) is 3.38. The molecule has 0 N–H and O–H groups in total. The van der Waals surface area contributed by atoms with Gasteiger partial charge in [0.15, 0.2) is 0 Å². The third kappa shape index (κ3) is 3.21. The van der Waals surface area contributed by atoms with E-state index in [1.54, 1.807) is 14.2 Å². The monoisotopic (exact) mass is 275 g/mol. The Morgan fingerprint density at radius 3 is 2.25 bits per heavy atom. The van der Waals surface area contributed by atoms with Gasteiger partial charge in [-0.05, 0) is 25.5 Å². The summed E-state index contributed by atoms with van der Waals surface area (Å²) >= 11 is 0. The van der Waals surface area contributed by atoms with Crippen molar-refractivity contribution < 1.29 is 9.47 Å². The number of fused-ring (bicyclic) bond motifs is 1. The van der Waals surface area contributed by atoms with Crippen molar-refractivity contribution in [3.8, 4) is 11.5 Å². The molecule has 0 aliphatic carbocycles. The molecule has 3 nitrogen and oxygen atoms in total. The molecule has 0 amide bonds. The lowest BCUT2D eigenvalue weighted by Crippen LogP contribution is -1.97. The van der Waals surface area contributed by atoms with E-state index in [4.69, 9.17) is 14.5 Å². The molecule has 0 fully saturated rings. The van der Waals surface area contributed by atoms with Crippen LogP contribution in [0, 0.1) is 6.92 Å². The Balaban J connectivity index is 0.000000956. The highest BCUT2D eigenvalue weighted by Crippen LogP contribution is 2.32. The minimum atomic E-state index is 0.866. The molecule has 0 saturated heterocycles. The Morgan fingerprint density at radius 1 is 1.05 bits per heavy atom. The third-order valence-corrected chi connectivity index (χ3v) is 3.15. The summed E-state index contributed by atoms with van der Waals surface area (Å²) < 4.78 is 10.8. The van der Waals surface area contributed by atoms with Gasteiger partial charge >= 0.3 is 0 Å². The Hall–Kier alpha value is -1.77. The van der Waals surface area contributed by atoms with Crippen LogP contribution in [0.3, 0.4) is 0 Å². The zero-order chi connectivity index (χ0) is 15.1. The molecule has 2 aromatic rings. The summed E-state index contributed by atoms with van der Waals surface area (Å²) in [5, 5.41) is 1.04. The fraction of sp³-hybridized carbons (Fsp3) is 0.471. The molecule has 1 heterocycles. The molecule has 2 rings (SSSR count). The van der Waals surface area contributed by atoms with Crippen molar-refractivity contribution in [2.24, 2.45) is 0 Å². The Labute approximate surface area is 121 Å². The molecule has 1 aromatic carbocycles. The highest BCUT2D eigenvalue weighted by Gasteiger charge is 2.11. The van der Waals surface area contributed by atoms with E-state index >= 15 is 0 Å². The number of ether oxygens (including phenoxy) is 2. The topological polar surface area (TPSA) is 31.4 Å². The molecule has 0 bridgehead atoms. The van der Waals surface area contributed by atoms with Gasteiger partial charge in [0, 0.05) is 22.7 Å². The predicted molar refractivity (Wildman–Crippen MR) is 84.9 cm³/mol. The zero-order valence-corrected chi connectivity index (χ0v) is 13.4. The first-order chi connectivity index (χ1) is 9.71. The quantitative estimate of drug-likeness (QED) is 0.821. The van der Waals surface area contributed by atoms with E-state index in [1.807, 2.05) is 39.0 Å². The van der Waals surface area contributed by atoms with Gasteiger partial charge in [-0.25, -0.2) is 0 Å². The highest BCUT2D eigenvalue weighted by molar-refractivity contribution is 5.89. The predicted octanol–water partition coefficient (Wildman–Crippen LogP) is 4.54. The van der Waals surface area contributed by atoms with Gasteiger partial charge in [-0.2, -0.15) is 0 Å². The number of benzene rings is 1. The Bertz CT molecular complexity index is 564. The summed E-state index contributed by atoms with van der Waals surface area (Å²) in [5.74, 6) is 1.75. The second-order valence-corrected chi connectivity index (χ2v) is 4.35. The Kier molecular flexibility index (Phi) is 6.29. The van der Waals surface area contributed by atoms with Crippen LogP contribution in [-0.4, -0.2) is 19.2 Å². The van der Waals surface area contributed by atoms with Crippen molar-refractivity contribution in [2.45, 2.75) is 40.5 Å². The van der Waals surface area contributed by atoms with Gasteiger partial charge in [0.1, 0.15) is 11.5 Å². The van der Waals surface area contributed by atoms with Crippen molar-refractivity contribution in [1.82, 2.24) is 4.98 Å². The van der Waals surface area contributed by atoms with Gasteiger partial charge < -0.3 is 9.47 Å². The molecular formula is C17H25NO2. The molecule has 0 radical (unpaired) electrons. The van der Waals surface area contributed by atoms with Crippen molar-refractivity contribution >= 4 is 10.9 Å². The number of rotatable bonds is 4. The molecule has 0 aliphatic rings. The minimum Gasteiger partial charge on any atom is -0.496 e. The van der Waals surface area contributed by atoms with Crippen molar-refractivity contribution in [3.05, 3.63) is 29.5 Å². The maximum Gasteiger partial charge on any atom is 0.130 e. The molecule has 0 saturated carbocycles. The summed E-state index contributed by atoms with van der Waals surface area (Å²) in [6, 6.07) is 5.99. The van der Waals surface area contributed by atoms with E-state index in [-0.39, 0.29) is 0 Å². The molecule has 0 atom stereocenters. The van der Waals surface area contributed by atoms with E-state index in [2.05, 4.69) is 6.92 Å². The maximum absolute atomic E-state index is 5.46. The molecule has 3 heteroatoms. The summed E-state index contributed by atoms with van der Waals surface area (Å²) in [6.07, 6.45) is 2.04. The largest absolute Gasteiger partial charge is 0.496 e. The van der Waals surface area contributed by atoms with Crippen LogP contribution < -0.4 is 9.47 Å². The SMILES string of the molecule is CC.CCCc1cc(OC)c2ccc(OC)c(C)c2n1. The lowest BCUT2D eigenvalue weighted by molar-refractivity contribution is 0.411. The Morgan fingerprint density at radius 2 is 1.70 bits per heavy atom. The van der Waals surface area contributed by atoms with Gasteiger partial charge in [0.05, 0.1) is 19.7 Å². The van der Waals surface area contributed by atoms with Crippen LogP contribution in [0.25, 0.3) is 10.9 Å². The van der Waals surface area contributed by atoms with E-state index in [9.17, 15) is 0 Å². The zero-order valence-electron chi connectivity index (χ0n) is 13.4. The lowest BCUT2D eigenvalue weighted by atomic mass is 10.1. The first kappa shape index (κ1) is 16.3. The van der Waals surface area contributed by atoms with Gasteiger partial charge in [-0.15, -0.1) is 0 Å². The number of aryl methyl sites for hydroxylation is 2. The number of methoxy groups -OCH3 is 2. The first-order valence-electron chi connectivity index (χ1n) is 7.22. The van der Waals surface area contributed by atoms with Crippen LogP contribution in [-0.2, 0) is 6.42 Å². The fourth-order valence-corrected chi connectivity index (χ4v) is 2.20. The molecule has 1 aromatic heterocycles. The maximum atomic E-state index is 5.46. The average Bonchev–Trinajstić information content (AvgIpc) is 2.50. The number of hydrogen-bond donors (Lipinski definition) is 0. The minimum absolute atomic E-state index is 0.866. The second kappa shape index (κ2) is 7.73. The smallest absolute Gasteiger partial charge is 0.130 e. The van der Waals surface area contributed by atoms with Crippen LogP contribution in [0.4, 0.5) is 0 Å². The average molecular weight is 275 g/mol. The van der Waals surface area contributed by atoms with Crippen molar-refractivity contribution in [3.63, 3.8) is 0 Å². The molecule has 0 aliphatic heterocycles. The summed E-state index contributed by atoms with van der Waals surface area (Å²) in [4.78, 5) is 4.72. The van der Waals surface area contributed by atoms with Gasteiger partial charge in [-0.3, -0.25) is 4.98 Å². The van der Waals surface area contributed by atoms with Crippen LogP contribution in [0.15, 0.2) is 18.2 Å². The van der Waals surface area contributed by atoms with E-state index in [1.165, 1.54) is 0 Å². The number of nitrogens with zero attached hydrogens (tertiary/aromatic N) is 1. The second-order valence-electron chi connectivity index (χ2n) is 4.35. The standard InChI is InChI=1S/C15H19NO2.C2H6/c1-5-6-11-9-14(18-4)12-7-8-13(17-3)10(2)15(12)16-11;1-2/h7-9H,5-6H2,1-4H3;1-2H3. The summed E-state index contributed by atoms with van der Waals surface area (Å²) in [6.45, 7) is 8.18. The van der Waals surface area contributed by atoms with Crippen LogP contribution in [0.2, 0.25) is 0 Å². The molecular weight excluding hydrogens is 250 g/mol. The first-order valence-corrected chi connectivity index (χ1v) is 7.22. The van der Waals surface area contributed by atoms with Crippen molar-refractivity contribution in [1.29, 1.82) is 0 Å². The number of pyridine rings is 1. The van der Waals surface area contributed by atoms with E-state index in [0.29, 0.717) is 0 Å². The van der Waals surface area contributed by atoms with Gasteiger partial charge in [-0.1, -0.05) is 27.2 Å². The third-order valence-electron chi connectivity index (χ3n) is 3.15. The normalized spacial score (nSPS) is 9.90. The van der Waals surface area contributed by atoms with Gasteiger partial charge in [0.25, 0.3) is 0 Å².